The first kappa shape index (κ1) is 16.9. The lowest BCUT2D eigenvalue weighted by molar-refractivity contribution is -0.171. The van der Waals surface area contributed by atoms with Crippen molar-refractivity contribution in [2.24, 2.45) is 0 Å². The van der Waals surface area contributed by atoms with Gasteiger partial charge in [0, 0.05) is 6.61 Å². The lowest BCUT2D eigenvalue weighted by Crippen LogP contribution is -2.35. The standard InChI is InChI=1S/C19H21BrO2/c1-3-19(16-11-7-5-8-12-16,17-13-9-6-10-14-17)22-18(15-20)21-4-2/h3,5-14,18H,1,4,15H2,2H3. The van der Waals surface area contributed by atoms with Gasteiger partial charge < -0.3 is 9.47 Å². The summed E-state index contributed by atoms with van der Waals surface area (Å²) in [4.78, 5) is 0. The Balaban J connectivity index is 2.50. The molecule has 116 valence electrons. The van der Waals surface area contributed by atoms with Gasteiger partial charge >= 0.3 is 0 Å². The van der Waals surface area contributed by atoms with Crippen LogP contribution in [0.5, 0.6) is 0 Å². The first-order valence-corrected chi connectivity index (χ1v) is 8.49. The van der Waals surface area contributed by atoms with Crippen LogP contribution in [0.25, 0.3) is 0 Å². The van der Waals surface area contributed by atoms with E-state index in [-0.39, 0.29) is 6.29 Å². The second-order valence-electron chi connectivity index (χ2n) is 4.83. The monoisotopic (exact) mass is 360 g/mol. The molecule has 0 bridgehead atoms. The van der Waals surface area contributed by atoms with E-state index in [2.05, 4.69) is 22.5 Å². The van der Waals surface area contributed by atoms with Crippen LogP contribution in [0.1, 0.15) is 18.1 Å². The highest BCUT2D eigenvalue weighted by Crippen LogP contribution is 2.36. The summed E-state index contributed by atoms with van der Waals surface area (Å²) < 4.78 is 12.0. The van der Waals surface area contributed by atoms with E-state index >= 15 is 0 Å². The number of hydrogen-bond donors (Lipinski definition) is 0. The minimum atomic E-state index is -0.740. The van der Waals surface area contributed by atoms with Gasteiger partial charge in [0.25, 0.3) is 0 Å². The second kappa shape index (κ2) is 8.28. The van der Waals surface area contributed by atoms with E-state index in [0.29, 0.717) is 11.9 Å². The SMILES string of the molecule is C=CC(OC(CBr)OCC)(c1ccccc1)c1ccccc1. The average molecular weight is 361 g/mol. The van der Waals surface area contributed by atoms with Gasteiger partial charge in [-0.15, -0.1) is 0 Å². The van der Waals surface area contributed by atoms with E-state index in [9.17, 15) is 0 Å². The van der Waals surface area contributed by atoms with Crippen LogP contribution in [-0.2, 0) is 15.1 Å². The summed E-state index contributed by atoms with van der Waals surface area (Å²) in [6, 6.07) is 20.2. The van der Waals surface area contributed by atoms with E-state index in [4.69, 9.17) is 9.47 Å². The highest BCUT2D eigenvalue weighted by Gasteiger charge is 2.35. The molecule has 0 fully saturated rings. The van der Waals surface area contributed by atoms with E-state index in [0.717, 1.165) is 11.1 Å². The Morgan fingerprint density at radius 2 is 1.55 bits per heavy atom. The third-order valence-corrected chi connectivity index (χ3v) is 4.02. The fraction of sp³-hybridized carbons (Fsp3) is 0.263. The van der Waals surface area contributed by atoms with Crippen molar-refractivity contribution in [2.45, 2.75) is 18.8 Å². The zero-order valence-electron chi connectivity index (χ0n) is 12.7. The van der Waals surface area contributed by atoms with Crippen LogP contribution < -0.4 is 0 Å². The quantitative estimate of drug-likeness (QED) is 0.379. The van der Waals surface area contributed by atoms with Crippen LogP contribution >= 0.6 is 15.9 Å². The zero-order valence-corrected chi connectivity index (χ0v) is 14.3. The summed E-state index contributed by atoms with van der Waals surface area (Å²) in [5, 5.41) is 0.593. The maximum absolute atomic E-state index is 6.36. The molecule has 2 aromatic rings. The molecule has 0 aliphatic carbocycles. The molecule has 0 amide bonds. The number of ether oxygens (including phenoxy) is 2. The Hall–Kier alpha value is -1.42. The van der Waals surface area contributed by atoms with Crippen LogP contribution in [0.2, 0.25) is 0 Å². The fourth-order valence-electron chi connectivity index (χ4n) is 2.46. The third kappa shape index (κ3) is 3.67. The Kier molecular flexibility index (Phi) is 6.37. The second-order valence-corrected chi connectivity index (χ2v) is 5.48. The molecule has 1 atom stereocenters. The molecule has 2 aromatic carbocycles. The summed E-state index contributed by atoms with van der Waals surface area (Å²) >= 11 is 3.46. The minimum Gasteiger partial charge on any atom is -0.352 e. The van der Waals surface area contributed by atoms with Gasteiger partial charge in [-0.05, 0) is 18.1 Å². The molecule has 0 N–H and O–H groups in total. The van der Waals surface area contributed by atoms with Crippen molar-refractivity contribution >= 4 is 15.9 Å². The number of hydrogen-bond acceptors (Lipinski definition) is 2. The molecule has 22 heavy (non-hydrogen) atoms. The Morgan fingerprint density at radius 1 is 1.05 bits per heavy atom. The highest BCUT2D eigenvalue weighted by atomic mass is 79.9. The predicted molar refractivity (Wildman–Crippen MR) is 94.2 cm³/mol. The average Bonchev–Trinajstić information content (AvgIpc) is 2.60. The van der Waals surface area contributed by atoms with Crippen LogP contribution in [0.15, 0.2) is 73.3 Å². The predicted octanol–water partition coefficient (Wildman–Crippen LogP) is 4.89. The summed E-state index contributed by atoms with van der Waals surface area (Å²) in [6.45, 7) is 6.59. The Morgan fingerprint density at radius 3 is 1.91 bits per heavy atom. The van der Waals surface area contributed by atoms with Crippen molar-refractivity contribution in [3.05, 3.63) is 84.4 Å². The van der Waals surface area contributed by atoms with Gasteiger partial charge in [0.15, 0.2) is 6.29 Å². The van der Waals surface area contributed by atoms with Crippen molar-refractivity contribution in [3.63, 3.8) is 0 Å². The van der Waals surface area contributed by atoms with Crippen LogP contribution in [0.4, 0.5) is 0 Å². The number of rotatable bonds is 8. The van der Waals surface area contributed by atoms with Crippen LogP contribution in [-0.4, -0.2) is 18.2 Å². The molecule has 3 heteroatoms. The molecule has 0 spiro atoms. The molecule has 0 saturated carbocycles. The lowest BCUT2D eigenvalue weighted by Gasteiger charge is -2.35. The summed E-state index contributed by atoms with van der Waals surface area (Å²) in [5.41, 5.74) is 1.32. The van der Waals surface area contributed by atoms with Gasteiger partial charge in [0.2, 0.25) is 0 Å². The van der Waals surface area contributed by atoms with Crippen LogP contribution in [0.3, 0.4) is 0 Å². The Labute approximate surface area is 140 Å². The van der Waals surface area contributed by atoms with Crippen molar-refractivity contribution in [1.82, 2.24) is 0 Å². The largest absolute Gasteiger partial charge is 0.352 e. The molecule has 0 radical (unpaired) electrons. The van der Waals surface area contributed by atoms with Gasteiger partial charge in [0.05, 0.1) is 5.33 Å². The molecule has 0 saturated heterocycles. The molecule has 0 aliphatic heterocycles. The van der Waals surface area contributed by atoms with Crippen molar-refractivity contribution < 1.29 is 9.47 Å². The molecule has 1 unspecified atom stereocenters. The Bertz CT molecular complexity index is 529. The smallest absolute Gasteiger partial charge is 0.169 e. The molecular weight excluding hydrogens is 340 g/mol. The molecule has 0 aromatic heterocycles. The zero-order chi connectivity index (χ0) is 15.8. The number of halogens is 1. The maximum Gasteiger partial charge on any atom is 0.169 e. The van der Waals surface area contributed by atoms with Crippen molar-refractivity contribution in [2.75, 3.05) is 11.9 Å². The molecular formula is C19H21BrO2. The van der Waals surface area contributed by atoms with Crippen molar-refractivity contribution in [3.8, 4) is 0 Å². The van der Waals surface area contributed by atoms with Gasteiger partial charge in [-0.2, -0.15) is 0 Å². The number of alkyl halides is 1. The molecule has 2 rings (SSSR count). The molecule has 0 aliphatic rings. The van der Waals surface area contributed by atoms with Gasteiger partial charge in [-0.3, -0.25) is 0 Å². The number of benzene rings is 2. The summed E-state index contributed by atoms with van der Waals surface area (Å²) in [5.74, 6) is 0. The van der Waals surface area contributed by atoms with E-state index < -0.39 is 5.60 Å². The van der Waals surface area contributed by atoms with Crippen LogP contribution in [0, 0.1) is 0 Å². The fourth-order valence-corrected chi connectivity index (χ4v) is 2.78. The first-order chi connectivity index (χ1) is 10.8. The van der Waals surface area contributed by atoms with Gasteiger partial charge in [-0.1, -0.05) is 89.2 Å². The molecule has 0 heterocycles. The lowest BCUT2D eigenvalue weighted by atomic mass is 9.86. The third-order valence-electron chi connectivity index (χ3n) is 3.49. The highest BCUT2D eigenvalue weighted by molar-refractivity contribution is 9.09. The maximum atomic E-state index is 6.36. The van der Waals surface area contributed by atoms with E-state index in [1.54, 1.807) is 0 Å². The topological polar surface area (TPSA) is 18.5 Å². The summed E-state index contributed by atoms with van der Waals surface area (Å²) in [7, 11) is 0. The first-order valence-electron chi connectivity index (χ1n) is 7.37. The van der Waals surface area contributed by atoms with Gasteiger partial charge in [0.1, 0.15) is 5.60 Å². The molecule has 2 nitrogen and oxygen atoms in total. The van der Waals surface area contributed by atoms with Gasteiger partial charge in [-0.25, -0.2) is 0 Å². The van der Waals surface area contributed by atoms with E-state index in [1.165, 1.54) is 0 Å². The summed E-state index contributed by atoms with van der Waals surface area (Å²) in [6.07, 6.45) is 1.48. The van der Waals surface area contributed by atoms with Crippen molar-refractivity contribution in [1.29, 1.82) is 0 Å². The minimum absolute atomic E-state index is 0.358. The van der Waals surface area contributed by atoms with E-state index in [1.807, 2.05) is 73.7 Å². The normalized spacial score (nSPS) is 12.8.